The van der Waals surface area contributed by atoms with Crippen LogP contribution >= 0.6 is 11.6 Å². The summed E-state index contributed by atoms with van der Waals surface area (Å²) in [6.45, 7) is 1.11. The number of hydrogen-bond acceptors (Lipinski definition) is 4. The van der Waals surface area contributed by atoms with Crippen LogP contribution in [0.2, 0.25) is 5.15 Å². The lowest BCUT2D eigenvalue weighted by molar-refractivity contribution is 0.588. The second kappa shape index (κ2) is 4.78. The summed E-state index contributed by atoms with van der Waals surface area (Å²) in [5, 5.41) is 8.79. The molecule has 0 radical (unpaired) electrons. The van der Waals surface area contributed by atoms with Crippen molar-refractivity contribution in [1.29, 1.82) is 0 Å². The van der Waals surface area contributed by atoms with Crippen molar-refractivity contribution < 1.29 is 0 Å². The van der Waals surface area contributed by atoms with Crippen molar-refractivity contribution in [2.75, 3.05) is 6.54 Å². The fraction of sp³-hybridized carbons (Fsp3) is 0.375. The van der Waals surface area contributed by atoms with Gasteiger partial charge in [0.25, 0.3) is 0 Å². The normalized spacial score (nSPS) is 10.3. The van der Waals surface area contributed by atoms with Crippen LogP contribution in [0.4, 0.5) is 0 Å². The lowest BCUT2D eigenvalue weighted by Gasteiger charge is -1.96. The maximum Gasteiger partial charge on any atom is 0.185 e. The van der Waals surface area contributed by atoms with Crippen molar-refractivity contribution >= 4 is 22.6 Å². The van der Waals surface area contributed by atoms with Crippen LogP contribution in [-0.4, -0.2) is 26.3 Å². The lowest BCUT2D eigenvalue weighted by Crippen LogP contribution is -1.99. The Morgan fingerprint density at radius 3 is 3.12 bits per heavy atom. The molecule has 0 saturated heterocycles. The predicted molar refractivity (Wildman–Crippen MR) is 59.0 cm³/mol. The first kappa shape index (κ1) is 10.7. The molecule has 0 unspecified atom stereocenters. The number of rotatable bonds is 4. The topological polar surface area (TPSA) is 92.4 Å². The van der Waals surface area contributed by atoms with E-state index >= 15 is 0 Å². The minimum atomic E-state index is 0.395. The molecule has 82 valence electrons. The van der Waals surface area contributed by atoms with E-state index in [1.165, 1.54) is 6.33 Å². The van der Waals surface area contributed by atoms with Crippen molar-refractivity contribution in [3.05, 3.63) is 28.1 Å². The van der Waals surface area contributed by atoms with Gasteiger partial charge in [-0.15, -0.1) is 0 Å². The number of fused-ring (bicyclic) bond motifs is 1. The molecule has 8 heteroatoms. The van der Waals surface area contributed by atoms with Crippen LogP contribution in [0.5, 0.6) is 0 Å². The molecule has 0 fully saturated rings. The van der Waals surface area contributed by atoms with Crippen molar-refractivity contribution in [1.82, 2.24) is 19.7 Å². The highest BCUT2D eigenvalue weighted by atomic mass is 35.5. The van der Waals surface area contributed by atoms with Gasteiger partial charge in [-0.25, -0.2) is 9.97 Å². The van der Waals surface area contributed by atoms with E-state index in [0.717, 1.165) is 11.8 Å². The second-order valence-electron chi connectivity index (χ2n) is 3.10. The molecule has 7 nitrogen and oxygen atoms in total. The van der Waals surface area contributed by atoms with E-state index in [4.69, 9.17) is 17.1 Å². The van der Waals surface area contributed by atoms with Gasteiger partial charge in [0.2, 0.25) is 0 Å². The molecule has 0 spiro atoms. The average Bonchev–Trinajstić information content (AvgIpc) is 2.69. The van der Waals surface area contributed by atoms with E-state index in [-0.39, 0.29) is 0 Å². The molecule has 2 aromatic heterocycles. The van der Waals surface area contributed by atoms with Crippen molar-refractivity contribution in [3.8, 4) is 0 Å². The molecule has 0 bridgehead atoms. The molecule has 0 amide bonds. The zero-order valence-corrected chi connectivity index (χ0v) is 9.04. The summed E-state index contributed by atoms with van der Waals surface area (Å²) in [7, 11) is 0. The van der Waals surface area contributed by atoms with Gasteiger partial charge < -0.3 is 0 Å². The van der Waals surface area contributed by atoms with Gasteiger partial charge in [-0.2, -0.15) is 5.10 Å². The highest BCUT2D eigenvalue weighted by Crippen LogP contribution is 2.17. The van der Waals surface area contributed by atoms with E-state index in [2.05, 4.69) is 25.1 Å². The van der Waals surface area contributed by atoms with E-state index in [1.807, 2.05) is 0 Å². The average molecular weight is 238 g/mol. The first-order valence-electron chi connectivity index (χ1n) is 4.66. The van der Waals surface area contributed by atoms with Gasteiger partial charge in [0, 0.05) is 24.2 Å². The summed E-state index contributed by atoms with van der Waals surface area (Å²) >= 11 is 5.88. The Bertz CT molecular complexity index is 542. The Kier molecular flexibility index (Phi) is 3.19. The Hall–Kier alpha value is -1.85. The lowest BCUT2D eigenvalue weighted by atomic mass is 10.4. The summed E-state index contributed by atoms with van der Waals surface area (Å²) in [4.78, 5) is 10.5. The van der Waals surface area contributed by atoms with E-state index < -0.39 is 0 Å². The third-order valence-corrected chi connectivity index (χ3v) is 2.33. The largest absolute Gasteiger partial charge is 0.270 e. The summed E-state index contributed by atoms with van der Waals surface area (Å²) < 4.78 is 1.72. The van der Waals surface area contributed by atoms with E-state index in [1.54, 1.807) is 10.9 Å². The highest BCUT2D eigenvalue weighted by molar-refractivity contribution is 6.33. The SMILES string of the molecule is [N-]=[N+]=NCCCn1cc2c(Cl)ncnc2n1. The van der Waals surface area contributed by atoms with E-state index in [9.17, 15) is 0 Å². The van der Waals surface area contributed by atoms with Gasteiger partial charge in [-0.1, -0.05) is 16.7 Å². The highest BCUT2D eigenvalue weighted by Gasteiger charge is 2.05. The quantitative estimate of drug-likeness (QED) is 0.268. The van der Waals surface area contributed by atoms with Gasteiger partial charge in [-0.3, -0.25) is 4.68 Å². The molecular formula is C8H8ClN7. The van der Waals surface area contributed by atoms with Crippen LogP contribution in [0, 0.1) is 0 Å². The van der Waals surface area contributed by atoms with Crippen LogP contribution in [-0.2, 0) is 6.54 Å². The first-order chi connectivity index (χ1) is 7.81. The minimum Gasteiger partial charge on any atom is -0.270 e. The molecule has 2 rings (SSSR count). The third-order valence-electron chi connectivity index (χ3n) is 2.02. The molecule has 0 aromatic carbocycles. The number of azide groups is 1. The molecule has 0 aliphatic rings. The monoisotopic (exact) mass is 237 g/mol. The van der Waals surface area contributed by atoms with Crippen LogP contribution in [0.3, 0.4) is 0 Å². The standard InChI is InChI=1S/C8H8ClN7/c9-7-6-4-16(3-1-2-13-15-10)14-8(6)12-5-11-7/h4-5H,1-3H2. The molecule has 2 aromatic rings. The molecule has 0 atom stereocenters. The Morgan fingerprint density at radius 1 is 1.50 bits per heavy atom. The maximum atomic E-state index is 8.11. The molecule has 0 aliphatic heterocycles. The Morgan fingerprint density at radius 2 is 2.38 bits per heavy atom. The first-order valence-corrected chi connectivity index (χ1v) is 5.03. The molecule has 2 heterocycles. The number of hydrogen-bond donors (Lipinski definition) is 0. The number of halogens is 1. The van der Waals surface area contributed by atoms with Crippen molar-refractivity contribution in [2.24, 2.45) is 5.11 Å². The van der Waals surface area contributed by atoms with Crippen LogP contribution < -0.4 is 0 Å². The molecule has 16 heavy (non-hydrogen) atoms. The number of aromatic nitrogens is 4. The van der Waals surface area contributed by atoms with Gasteiger partial charge >= 0.3 is 0 Å². The third kappa shape index (κ3) is 2.21. The molecular weight excluding hydrogens is 230 g/mol. The zero-order valence-electron chi connectivity index (χ0n) is 8.28. The molecule has 0 aliphatic carbocycles. The van der Waals surface area contributed by atoms with Crippen LogP contribution in [0.25, 0.3) is 21.5 Å². The zero-order chi connectivity index (χ0) is 11.4. The smallest absolute Gasteiger partial charge is 0.185 e. The van der Waals surface area contributed by atoms with Crippen LogP contribution in [0.15, 0.2) is 17.6 Å². The Balaban J connectivity index is 2.14. The Labute approximate surface area is 95.7 Å². The predicted octanol–water partition coefficient (Wildman–Crippen LogP) is 2.18. The van der Waals surface area contributed by atoms with Crippen molar-refractivity contribution in [3.63, 3.8) is 0 Å². The number of aryl methyl sites for hydroxylation is 1. The van der Waals surface area contributed by atoms with Gasteiger partial charge in [0.15, 0.2) is 5.65 Å². The number of nitrogens with zero attached hydrogens (tertiary/aromatic N) is 7. The summed E-state index contributed by atoms with van der Waals surface area (Å²) in [6, 6.07) is 0. The summed E-state index contributed by atoms with van der Waals surface area (Å²) in [5.41, 5.74) is 8.69. The van der Waals surface area contributed by atoms with Gasteiger partial charge in [0.1, 0.15) is 11.5 Å². The summed E-state index contributed by atoms with van der Waals surface area (Å²) in [5.74, 6) is 0. The summed E-state index contributed by atoms with van der Waals surface area (Å²) in [6.07, 6.45) is 3.89. The minimum absolute atomic E-state index is 0.395. The fourth-order valence-corrected chi connectivity index (χ4v) is 1.50. The second-order valence-corrected chi connectivity index (χ2v) is 3.46. The molecule has 0 saturated carbocycles. The van der Waals surface area contributed by atoms with Crippen LogP contribution in [0.1, 0.15) is 6.42 Å². The fourth-order valence-electron chi connectivity index (χ4n) is 1.32. The van der Waals surface area contributed by atoms with E-state index in [0.29, 0.717) is 23.9 Å². The van der Waals surface area contributed by atoms with Gasteiger partial charge in [-0.05, 0) is 12.0 Å². The van der Waals surface area contributed by atoms with Crippen molar-refractivity contribution in [2.45, 2.75) is 13.0 Å². The van der Waals surface area contributed by atoms with Gasteiger partial charge in [0.05, 0.1) is 5.39 Å². The molecule has 0 N–H and O–H groups in total. The maximum absolute atomic E-state index is 8.11.